The number of pyridine rings is 1. The summed E-state index contributed by atoms with van der Waals surface area (Å²) in [5.74, 6) is 2.44. The van der Waals surface area contributed by atoms with Crippen LogP contribution in [-0.4, -0.2) is 9.55 Å². The predicted octanol–water partition coefficient (Wildman–Crippen LogP) is 16.5. The number of fused-ring (bicyclic) bond motifs is 7. The molecule has 1 fully saturated rings. The lowest BCUT2D eigenvalue weighted by Crippen LogP contribution is -2.46. The second kappa shape index (κ2) is 14.5. The maximum Gasteiger partial charge on any atom is 0.225 e. The van der Waals surface area contributed by atoms with Gasteiger partial charge in [-0.15, -0.1) is 0 Å². The Morgan fingerprint density at radius 2 is 1.30 bits per heavy atom. The van der Waals surface area contributed by atoms with Crippen molar-refractivity contribution >= 4 is 50.1 Å². The SMILES string of the molecule is C=C/C(=C\C)c1ccc2c(c1)c1ccc(Oc3cccc([N+]45[CH-][N@+]4(c4cc(-c6ccccc6)cc(C(C)(C)C)c4)c4cc(C(C)(C)C)ccc45)c3)cc1n2-c1cc(C(C)(C)C)ccn1. The predicted molar refractivity (Wildman–Crippen MR) is 271 cm³/mol. The number of aromatic nitrogens is 2. The number of hydrogen-bond acceptors (Lipinski definition) is 2. The minimum Gasteiger partial charge on any atom is -0.457 e. The molecule has 2 aliphatic rings. The van der Waals surface area contributed by atoms with Crippen LogP contribution in [0, 0.1) is 6.67 Å². The molecule has 8 aromatic rings. The summed E-state index contributed by atoms with van der Waals surface area (Å²) in [6.45, 7) is 29.2. The average Bonchev–Trinajstić information content (AvgIpc) is 3.77. The van der Waals surface area contributed by atoms with Gasteiger partial charge in [-0.05, 0) is 105 Å². The van der Waals surface area contributed by atoms with E-state index in [-0.39, 0.29) is 16.2 Å². The van der Waals surface area contributed by atoms with Gasteiger partial charge in [-0.3, -0.25) is 4.57 Å². The Hall–Kier alpha value is -6.53. The van der Waals surface area contributed by atoms with Crippen molar-refractivity contribution in [1.29, 1.82) is 0 Å². The Bertz CT molecular complexity index is 3200. The highest BCUT2D eigenvalue weighted by Gasteiger charge is 2.78. The summed E-state index contributed by atoms with van der Waals surface area (Å²) < 4.78 is 10.4. The first kappa shape index (κ1) is 41.5. The number of quaternary nitrogens is 2. The molecule has 0 amide bonds. The standard InChI is InChI=1S/C59H59N4O/c1-12-39(13-2)41-22-26-52-51(32-41)50-25-24-49(37-53(50)61(52)56-35-44(28-29-60-56)58(6,7)8)64-48-21-17-20-46(36-48)62-38-63(62,55-34-43(57(3,4)5)23-27-54(55)62)47-31-42(40-18-15-14-16-19-40)30-45(33-47)59(9,10)11/h12-38H,1H2,2-11H3/q+1/b39-13+/t62?,63-/m0/s1. The molecule has 2 atom stereocenters. The Balaban J connectivity index is 1.10. The maximum absolute atomic E-state index is 6.92. The normalized spacial score (nSPS) is 18.4. The topological polar surface area (TPSA) is 27.1 Å². The van der Waals surface area contributed by atoms with Crippen molar-refractivity contribution in [2.75, 3.05) is 0 Å². The van der Waals surface area contributed by atoms with E-state index < -0.39 is 0 Å². The third kappa shape index (κ3) is 6.47. The first-order valence-corrected chi connectivity index (χ1v) is 22.6. The molecule has 10 rings (SSSR count). The van der Waals surface area contributed by atoms with Crippen molar-refractivity contribution in [3.8, 4) is 28.4 Å². The van der Waals surface area contributed by atoms with Gasteiger partial charge in [-0.2, -0.15) is 9.18 Å². The quantitative estimate of drug-likeness (QED) is 0.0660. The van der Waals surface area contributed by atoms with Gasteiger partial charge in [0.25, 0.3) is 0 Å². The molecule has 0 bridgehead atoms. The molecule has 2 aliphatic heterocycles. The Labute approximate surface area is 379 Å². The largest absolute Gasteiger partial charge is 0.457 e. The fourth-order valence-electron chi connectivity index (χ4n) is 9.80. The molecule has 320 valence electrons. The lowest BCUT2D eigenvalue weighted by molar-refractivity contribution is 0.421. The second-order valence-corrected chi connectivity index (χ2v) is 20.8. The lowest BCUT2D eigenvalue weighted by atomic mass is 9.84. The lowest BCUT2D eigenvalue weighted by Gasteiger charge is -2.41. The molecule has 1 saturated heterocycles. The van der Waals surface area contributed by atoms with E-state index in [1.54, 1.807) is 0 Å². The fourth-order valence-corrected chi connectivity index (χ4v) is 9.80. The van der Waals surface area contributed by atoms with Gasteiger partial charge in [-0.25, -0.2) is 4.98 Å². The maximum atomic E-state index is 6.92. The summed E-state index contributed by atoms with van der Waals surface area (Å²) in [4.78, 5) is 4.96. The summed E-state index contributed by atoms with van der Waals surface area (Å²) in [6, 6.07) is 51.3. The van der Waals surface area contributed by atoms with E-state index in [2.05, 4.69) is 233 Å². The number of hydrogen-bond donors (Lipinski definition) is 0. The molecule has 0 aliphatic carbocycles. The molecule has 0 saturated carbocycles. The molecule has 64 heavy (non-hydrogen) atoms. The number of allylic oxidation sites excluding steroid dienone is 3. The highest BCUT2D eigenvalue weighted by atomic mass is 16.5. The molecule has 4 heterocycles. The van der Waals surface area contributed by atoms with Crippen LogP contribution in [0.3, 0.4) is 0 Å². The van der Waals surface area contributed by atoms with E-state index in [0.717, 1.165) is 55.9 Å². The van der Waals surface area contributed by atoms with Crippen LogP contribution in [0.5, 0.6) is 11.5 Å². The molecular weight excluding hydrogens is 781 g/mol. The van der Waals surface area contributed by atoms with Gasteiger partial charge in [0.1, 0.15) is 17.3 Å². The zero-order valence-corrected chi connectivity index (χ0v) is 39.0. The van der Waals surface area contributed by atoms with Gasteiger partial charge < -0.3 is 4.74 Å². The Kier molecular flexibility index (Phi) is 9.40. The number of nitrogens with zero attached hydrogens (tertiary/aromatic N) is 4. The van der Waals surface area contributed by atoms with Gasteiger partial charge in [0.05, 0.1) is 11.0 Å². The monoisotopic (exact) mass is 839 g/mol. The van der Waals surface area contributed by atoms with Crippen molar-refractivity contribution in [1.82, 2.24) is 18.7 Å². The van der Waals surface area contributed by atoms with Crippen LogP contribution in [0.15, 0.2) is 164 Å². The molecule has 5 nitrogen and oxygen atoms in total. The molecule has 0 radical (unpaired) electrons. The smallest absolute Gasteiger partial charge is 0.225 e. The molecule has 6 aromatic carbocycles. The minimum absolute atomic E-state index is 0.0120. The van der Waals surface area contributed by atoms with Crippen LogP contribution in [0.4, 0.5) is 22.7 Å². The molecule has 0 N–H and O–H groups in total. The Morgan fingerprint density at radius 1 is 0.578 bits per heavy atom. The van der Waals surface area contributed by atoms with Crippen molar-refractivity contribution in [2.24, 2.45) is 0 Å². The van der Waals surface area contributed by atoms with Gasteiger partial charge in [0.2, 0.25) is 11.4 Å². The van der Waals surface area contributed by atoms with E-state index in [9.17, 15) is 0 Å². The van der Waals surface area contributed by atoms with Gasteiger partial charge in [0.15, 0.2) is 18.0 Å². The van der Waals surface area contributed by atoms with Crippen LogP contribution in [0.1, 0.15) is 91.5 Å². The molecular formula is C59H59N4O+. The van der Waals surface area contributed by atoms with Crippen molar-refractivity contribution < 1.29 is 4.74 Å². The van der Waals surface area contributed by atoms with Gasteiger partial charge in [0, 0.05) is 59.4 Å². The number of rotatable bonds is 8. The van der Waals surface area contributed by atoms with E-state index in [1.165, 1.54) is 44.9 Å². The van der Waals surface area contributed by atoms with Crippen LogP contribution >= 0.6 is 0 Å². The number of ether oxygens (including phenoxy) is 1. The number of benzene rings is 6. The van der Waals surface area contributed by atoms with Crippen LogP contribution in [0.2, 0.25) is 0 Å². The third-order valence-corrected chi connectivity index (χ3v) is 13.5. The first-order chi connectivity index (χ1) is 30.5. The molecule has 2 aromatic heterocycles. The minimum atomic E-state index is -0.0418. The highest BCUT2D eigenvalue weighted by molar-refractivity contribution is 6.10. The van der Waals surface area contributed by atoms with E-state index in [0.29, 0.717) is 9.18 Å². The van der Waals surface area contributed by atoms with Gasteiger partial charge in [-0.1, -0.05) is 136 Å². The van der Waals surface area contributed by atoms with Crippen LogP contribution < -0.4 is 13.9 Å². The summed E-state index contributed by atoms with van der Waals surface area (Å²) in [5.41, 5.74) is 15.7. The van der Waals surface area contributed by atoms with Crippen molar-refractivity contribution in [3.63, 3.8) is 0 Å². The summed E-state index contributed by atoms with van der Waals surface area (Å²) >= 11 is 0. The average molecular weight is 840 g/mol. The zero-order valence-electron chi connectivity index (χ0n) is 39.0. The summed E-state index contributed by atoms with van der Waals surface area (Å²) in [7, 11) is 0. The second-order valence-electron chi connectivity index (χ2n) is 20.8. The van der Waals surface area contributed by atoms with Crippen molar-refractivity contribution in [2.45, 2.75) is 85.5 Å². The first-order valence-electron chi connectivity index (χ1n) is 22.6. The van der Waals surface area contributed by atoms with Crippen molar-refractivity contribution in [3.05, 3.63) is 193 Å². The third-order valence-electron chi connectivity index (χ3n) is 13.5. The summed E-state index contributed by atoms with van der Waals surface area (Å²) in [6.07, 6.45) is 5.96. The van der Waals surface area contributed by atoms with Crippen LogP contribution in [0.25, 0.3) is 44.3 Å². The summed E-state index contributed by atoms with van der Waals surface area (Å²) in [5, 5.41) is 2.29. The molecule has 0 spiro atoms. The van der Waals surface area contributed by atoms with Crippen LogP contribution in [-0.2, 0) is 16.2 Å². The fraction of sp³-hybridized carbons (Fsp3) is 0.220. The zero-order chi connectivity index (χ0) is 45.0. The molecule has 1 unspecified atom stereocenters. The molecule has 5 heteroatoms. The highest BCUT2D eigenvalue weighted by Crippen LogP contribution is 2.76. The van der Waals surface area contributed by atoms with Gasteiger partial charge >= 0.3 is 0 Å². The van der Waals surface area contributed by atoms with E-state index in [4.69, 9.17) is 9.72 Å². The van der Waals surface area contributed by atoms with E-state index in [1.807, 2.05) is 12.3 Å². The Morgan fingerprint density at radius 3 is 2.02 bits per heavy atom. The van der Waals surface area contributed by atoms with E-state index >= 15 is 0 Å².